The van der Waals surface area contributed by atoms with Gasteiger partial charge < -0.3 is 0 Å². The highest BCUT2D eigenvalue weighted by Gasteiger charge is 2.35. The Balaban J connectivity index is 1.73. The molecule has 0 unspecified atom stereocenters. The largest absolute Gasteiger partial charge is 0.359 e. The average Bonchev–Trinajstić information content (AvgIpc) is 2.74. The van der Waals surface area contributed by atoms with E-state index in [1.807, 2.05) is 0 Å². The minimum Gasteiger partial charge on any atom is -0.212 e. The van der Waals surface area contributed by atoms with Crippen LogP contribution in [0.4, 0.5) is 0 Å². The topological polar surface area (TPSA) is 11.3 Å². The maximum atomic E-state index is 6.60. The van der Waals surface area contributed by atoms with Crippen LogP contribution in [0.5, 0.6) is 0 Å². The van der Waals surface area contributed by atoms with Gasteiger partial charge in [0, 0.05) is 5.56 Å². The second kappa shape index (κ2) is 7.15. The number of allylic oxidation sites excluding steroid dienone is 1. The minimum atomic E-state index is 1.07. The molecule has 1 nitrogen and oxygen atoms in total. The molecule has 0 spiro atoms. The molecule has 2 aliphatic carbocycles. The highest BCUT2D eigenvalue weighted by Crippen LogP contribution is 2.43. The first-order valence-electron chi connectivity index (χ1n) is 10.2. The van der Waals surface area contributed by atoms with Gasteiger partial charge in [-0.1, -0.05) is 60.7 Å². The molecule has 1 heteroatoms. The van der Waals surface area contributed by atoms with Crippen molar-refractivity contribution in [2.75, 3.05) is 0 Å². The van der Waals surface area contributed by atoms with Crippen LogP contribution < -0.4 is 0 Å². The molecule has 1 heterocycles. The molecule has 0 amide bonds. The van der Waals surface area contributed by atoms with Crippen LogP contribution in [-0.2, 0) is 19.3 Å². The van der Waals surface area contributed by atoms with Crippen LogP contribution >= 0.6 is 0 Å². The summed E-state index contributed by atoms with van der Waals surface area (Å²) in [6.07, 6.45) is 10.5. The van der Waals surface area contributed by atoms with Crippen molar-refractivity contribution in [3.8, 4) is 11.1 Å². The third kappa shape index (κ3) is 3.12. The van der Waals surface area contributed by atoms with E-state index in [1.165, 1.54) is 58.4 Å². The molecule has 1 aromatic heterocycles. The van der Waals surface area contributed by atoms with Crippen LogP contribution in [0.15, 0.2) is 65.1 Å². The van der Waals surface area contributed by atoms with Crippen molar-refractivity contribution in [1.82, 2.24) is 0 Å². The predicted octanol–water partition coefficient (Wildman–Crippen LogP) is 6.98. The summed E-state index contributed by atoms with van der Waals surface area (Å²) in [5, 5.41) is 0. The summed E-state index contributed by atoms with van der Waals surface area (Å²) in [6.45, 7) is 0. The zero-order valence-electron chi connectivity index (χ0n) is 15.7. The molecule has 27 heavy (non-hydrogen) atoms. The smallest absolute Gasteiger partial charge is 0.212 e. The van der Waals surface area contributed by atoms with Gasteiger partial charge in [0.05, 0.1) is 23.1 Å². The zero-order valence-corrected chi connectivity index (χ0v) is 15.7. The molecule has 134 valence electrons. The lowest BCUT2D eigenvalue weighted by molar-refractivity contribution is 0.435. The van der Waals surface area contributed by atoms with Crippen LogP contribution in [0.3, 0.4) is 0 Å². The van der Waals surface area contributed by atoms with Crippen molar-refractivity contribution < 1.29 is 4.42 Å². The molecule has 0 atom stereocenters. The second-order valence-corrected chi connectivity index (χ2v) is 7.69. The number of hydrogen-bond acceptors (Lipinski definition) is 0. The molecule has 2 aromatic carbocycles. The minimum absolute atomic E-state index is 1.07. The van der Waals surface area contributed by atoms with E-state index in [0.29, 0.717) is 0 Å². The molecule has 0 N–H and O–H groups in total. The molecule has 0 aliphatic heterocycles. The van der Waals surface area contributed by atoms with Crippen LogP contribution in [0.1, 0.15) is 53.9 Å². The van der Waals surface area contributed by atoms with Gasteiger partial charge in [-0.15, -0.1) is 0 Å². The summed E-state index contributed by atoms with van der Waals surface area (Å²) in [5.41, 5.74) is 8.32. The van der Waals surface area contributed by atoms with Gasteiger partial charge in [0.25, 0.3) is 0 Å². The highest BCUT2D eigenvalue weighted by atomic mass is 16.3. The van der Waals surface area contributed by atoms with E-state index >= 15 is 0 Å². The fourth-order valence-corrected chi connectivity index (χ4v) is 4.64. The van der Waals surface area contributed by atoms with Crippen molar-refractivity contribution in [3.63, 3.8) is 0 Å². The van der Waals surface area contributed by atoms with Crippen molar-refractivity contribution >= 4 is 11.6 Å². The fourth-order valence-electron chi connectivity index (χ4n) is 4.64. The molecule has 0 saturated carbocycles. The number of hydrogen-bond donors (Lipinski definition) is 0. The lowest BCUT2D eigenvalue weighted by atomic mass is 9.81. The maximum Gasteiger partial charge on any atom is 0.359 e. The Labute approximate surface area is 161 Å². The molecular weight excluding hydrogens is 328 g/mol. The van der Waals surface area contributed by atoms with Crippen molar-refractivity contribution in [3.05, 3.63) is 88.9 Å². The van der Waals surface area contributed by atoms with E-state index in [0.717, 1.165) is 31.4 Å². The lowest BCUT2D eigenvalue weighted by Crippen LogP contribution is -2.12. The summed E-state index contributed by atoms with van der Waals surface area (Å²) >= 11 is 0. The number of aryl methyl sites for hydroxylation is 1. The molecule has 0 saturated heterocycles. The maximum absolute atomic E-state index is 6.60. The molecule has 0 radical (unpaired) electrons. The normalized spacial score (nSPS) is 17.4. The Morgan fingerprint density at radius 2 is 1.37 bits per heavy atom. The van der Waals surface area contributed by atoms with E-state index in [-0.39, 0.29) is 0 Å². The van der Waals surface area contributed by atoms with Gasteiger partial charge in [0.1, 0.15) is 0 Å². The van der Waals surface area contributed by atoms with Gasteiger partial charge in [-0.05, 0) is 55.7 Å². The Hall–Kier alpha value is -2.67. The van der Waals surface area contributed by atoms with Gasteiger partial charge >= 0.3 is 11.5 Å². The summed E-state index contributed by atoms with van der Waals surface area (Å²) in [6, 6.07) is 21.6. The van der Waals surface area contributed by atoms with Crippen molar-refractivity contribution in [2.45, 2.75) is 44.9 Å². The van der Waals surface area contributed by atoms with Gasteiger partial charge in [-0.3, -0.25) is 0 Å². The van der Waals surface area contributed by atoms with Gasteiger partial charge in [-0.25, -0.2) is 4.42 Å². The SMILES string of the molecule is C(=C1/CCCc2c1[o+]c1c(c2-c2ccccc2)CCCC1)/c1ccccc1. The van der Waals surface area contributed by atoms with Crippen molar-refractivity contribution in [2.24, 2.45) is 0 Å². The van der Waals surface area contributed by atoms with E-state index in [2.05, 4.69) is 66.7 Å². The van der Waals surface area contributed by atoms with Gasteiger partial charge in [0.15, 0.2) is 0 Å². The third-order valence-corrected chi connectivity index (χ3v) is 5.89. The van der Waals surface area contributed by atoms with E-state index in [4.69, 9.17) is 4.42 Å². The molecule has 3 aromatic rings. The van der Waals surface area contributed by atoms with Crippen LogP contribution in [-0.4, -0.2) is 0 Å². The first kappa shape index (κ1) is 16.5. The zero-order chi connectivity index (χ0) is 18.1. The first-order valence-corrected chi connectivity index (χ1v) is 10.2. The molecule has 2 aliphatic rings. The summed E-state index contributed by atoms with van der Waals surface area (Å²) in [5.74, 6) is 2.37. The Morgan fingerprint density at radius 1 is 0.667 bits per heavy atom. The quantitative estimate of drug-likeness (QED) is 0.452. The Bertz CT molecular complexity index is 984. The van der Waals surface area contributed by atoms with E-state index in [1.54, 1.807) is 0 Å². The number of rotatable bonds is 2. The van der Waals surface area contributed by atoms with E-state index < -0.39 is 0 Å². The number of fused-ring (bicyclic) bond motifs is 2. The summed E-state index contributed by atoms with van der Waals surface area (Å²) < 4.78 is 6.60. The van der Waals surface area contributed by atoms with Crippen molar-refractivity contribution in [1.29, 1.82) is 0 Å². The first-order chi connectivity index (χ1) is 13.4. The Morgan fingerprint density at radius 3 is 2.19 bits per heavy atom. The molecule has 5 rings (SSSR count). The predicted molar refractivity (Wildman–Crippen MR) is 112 cm³/mol. The van der Waals surface area contributed by atoms with Crippen LogP contribution in [0.2, 0.25) is 0 Å². The van der Waals surface area contributed by atoms with E-state index in [9.17, 15) is 0 Å². The lowest BCUT2D eigenvalue weighted by Gasteiger charge is -2.20. The van der Waals surface area contributed by atoms with Crippen LogP contribution in [0.25, 0.3) is 22.8 Å². The van der Waals surface area contributed by atoms with Crippen LogP contribution in [0, 0.1) is 0 Å². The number of benzene rings is 2. The average molecular weight is 353 g/mol. The third-order valence-electron chi connectivity index (χ3n) is 5.89. The second-order valence-electron chi connectivity index (χ2n) is 7.69. The molecule has 0 bridgehead atoms. The highest BCUT2D eigenvalue weighted by molar-refractivity contribution is 5.85. The molecular formula is C26H25O+. The monoisotopic (exact) mass is 353 g/mol. The standard InChI is InChI=1S/C26H25O/c1-3-10-19(11-4-1)18-21-14-9-16-23-25(20-12-5-2-6-13-20)22-15-7-8-17-24(22)27-26(21)23/h1-6,10-13,18H,7-9,14-17H2/q+1/b21-18+. The summed E-state index contributed by atoms with van der Waals surface area (Å²) in [7, 11) is 0. The fraction of sp³-hybridized carbons (Fsp3) is 0.269. The summed E-state index contributed by atoms with van der Waals surface area (Å²) in [4.78, 5) is 0. The Kier molecular flexibility index (Phi) is 4.37. The van der Waals surface area contributed by atoms with Gasteiger partial charge in [-0.2, -0.15) is 0 Å². The van der Waals surface area contributed by atoms with Gasteiger partial charge in [0.2, 0.25) is 0 Å². The molecule has 0 fully saturated rings.